The number of hydrogen-bond donors (Lipinski definition) is 0. The zero-order chi connectivity index (χ0) is 20.8. The molecule has 150 valence electrons. The number of hydrogen-bond acceptors (Lipinski definition) is 8. The second-order valence-corrected chi connectivity index (χ2v) is 8.80. The van der Waals surface area contributed by atoms with Crippen LogP contribution in [-0.4, -0.2) is 21.6 Å². The number of fused-ring (bicyclic) bond motifs is 3. The number of aromatic nitrogens is 3. The van der Waals surface area contributed by atoms with Crippen LogP contribution in [0.4, 0.5) is 0 Å². The highest BCUT2D eigenvalue weighted by Crippen LogP contribution is 2.41. The molecule has 9 heteroatoms. The van der Waals surface area contributed by atoms with Gasteiger partial charge in [0.1, 0.15) is 20.2 Å². The summed E-state index contributed by atoms with van der Waals surface area (Å²) in [5, 5.41) is 3.19. The van der Waals surface area contributed by atoms with E-state index in [0.717, 1.165) is 21.4 Å². The number of aryl methyl sites for hydroxylation is 1. The number of rotatable bonds is 4. The predicted molar refractivity (Wildman–Crippen MR) is 121 cm³/mol. The highest BCUT2D eigenvalue weighted by Gasteiger charge is 2.20. The van der Waals surface area contributed by atoms with Crippen molar-refractivity contribution in [1.82, 2.24) is 15.0 Å². The van der Waals surface area contributed by atoms with Gasteiger partial charge in [0, 0.05) is 34.4 Å². The predicted octanol–water partition coefficient (Wildman–Crippen LogP) is 5.95. The number of pyridine rings is 2. The third-order valence-electron chi connectivity index (χ3n) is 4.48. The van der Waals surface area contributed by atoms with Gasteiger partial charge in [-0.15, -0.1) is 22.7 Å². The van der Waals surface area contributed by atoms with Crippen molar-refractivity contribution >= 4 is 54.7 Å². The summed E-state index contributed by atoms with van der Waals surface area (Å²) in [4.78, 5) is 27.7. The standard InChI is InChI=1S/C21H14ClN3O3S2/c1-3-27-16-8-11(7-15(22)25-16)13-9-12(14-5-4-6-29-14)17-18-19(30-20(17)24-13)21(26)28-10(2)23-18/h4-9H,3H2,1-2H3. The summed E-state index contributed by atoms with van der Waals surface area (Å²) in [6.45, 7) is 4.04. The van der Waals surface area contributed by atoms with Crippen molar-refractivity contribution in [3.8, 4) is 27.6 Å². The van der Waals surface area contributed by atoms with E-state index >= 15 is 0 Å². The van der Waals surface area contributed by atoms with Gasteiger partial charge in [-0.2, -0.15) is 0 Å². The van der Waals surface area contributed by atoms with Crippen molar-refractivity contribution in [2.75, 3.05) is 6.61 Å². The zero-order valence-corrected chi connectivity index (χ0v) is 18.3. The molecule has 0 radical (unpaired) electrons. The molecule has 0 spiro atoms. The Kier molecular flexibility index (Phi) is 4.77. The second kappa shape index (κ2) is 7.46. The zero-order valence-electron chi connectivity index (χ0n) is 15.9. The monoisotopic (exact) mass is 455 g/mol. The van der Waals surface area contributed by atoms with Gasteiger partial charge < -0.3 is 9.15 Å². The summed E-state index contributed by atoms with van der Waals surface area (Å²) < 4.78 is 11.2. The van der Waals surface area contributed by atoms with Gasteiger partial charge in [0.15, 0.2) is 5.89 Å². The third kappa shape index (κ3) is 3.27. The molecule has 0 unspecified atom stereocenters. The summed E-state index contributed by atoms with van der Waals surface area (Å²) in [5.74, 6) is 0.768. The number of halogens is 1. The minimum absolute atomic E-state index is 0.324. The molecule has 0 aliphatic heterocycles. The SMILES string of the molecule is CCOc1cc(-c2cc(-c3cccs3)c3c(n2)sc2c(=O)oc(C)nc23)cc(Cl)n1. The maximum atomic E-state index is 12.4. The Bertz CT molecular complexity index is 1460. The van der Waals surface area contributed by atoms with Gasteiger partial charge in [0.05, 0.1) is 12.3 Å². The first-order chi connectivity index (χ1) is 14.5. The molecule has 0 N–H and O–H groups in total. The topological polar surface area (TPSA) is 78.1 Å². The molecule has 6 nitrogen and oxygen atoms in total. The molecule has 30 heavy (non-hydrogen) atoms. The maximum absolute atomic E-state index is 12.4. The normalized spacial score (nSPS) is 11.4. The molecule has 0 saturated carbocycles. The minimum Gasteiger partial charge on any atom is -0.478 e. The number of nitrogens with zero attached hydrogens (tertiary/aromatic N) is 3. The van der Waals surface area contributed by atoms with Gasteiger partial charge in [-0.25, -0.2) is 19.7 Å². The average molecular weight is 456 g/mol. The van der Waals surface area contributed by atoms with Crippen LogP contribution in [0.15, 0.2) is 44.9 Å². The molecule has 0 saturated heterocycles. The summed E-state index contributed by atoms with van der Waals surface area (Å²) in [6.07, 6.45) is 0. The summed E-state index contributed by atoms with van der Waals surface area (Å²) in [7, 11) is 0. The van der Waals surface area contributed by atoms with Crippen LogP contribution in [0.5, 0.6) is 5.88 Å². The molecule has 5 aromatic rings. The van der Waals surface area contributed by atoms with Crippen LogP contribution in [0.2, 0.25) is 5.15 Å². The molecule has 0 amide bonds. The van der Waals surface area contributed by atoms with E-state index in [9.17, 15) is 4.79 Å². The maximum Gasteiger partial charge on any atom is 0.357 e. The van der Waals surface area contributed by atoms with Crippen LogP contribution in [0.1, 0.15) is 12.8 Å². The highest BCUT2D eigenvalue weighted by atomic mass is 35.5. The molecule has 0 aromatic carbocycles. The summed E-state index contributed by atoms with van der Waals surface area (Å²) in [5.41, 5.74) is 2.67. The average Bonchev–Trinajstić information content (AvgIpc) is 3.35. The minimum atomic E-state index is -0.398. The molecular weight excluding hydrogens is 442 g/mol. The van der Waals surface area contributed by atoms with Gasteiger partial charge in [-0.3, -0.25) is 0 Å². The Morgan fingerprint density at radius 2 is 2.07 bits per heavy atom. The van der Waals surface area contributed by atoms with Crippen molar-refractivity contribution in [2.45, 2.75) is 13.8 Å². The van der Waals surface area contributed by atoms with Gasteiger partial charge in [0.25, 0.3) is 0 Å². The molecule has 0 atom stereocenters. The Balaban J connectivity index is 1.85. The second-order valence-electron chi connectivity index (χ2n) is 6.46. The van der Waals surface area contributed by atoms with Crippen LogP contribution in [0, 0.1) is 6.92 Å². The van der Waals surface area contributed by atoms with Crippen molar-refractivity contribution in [1.29, 1.82) is 0 Å². The van der Waals surface area contributed by atoms with Gasteiger partial charge in [-0.05, 0) is 30.5 Å². The van der Waals surface area contributed by atoms with E-state index in [0.29, 0.717) is 44.3 Å². The molecule has 0 fully saturated rings. The van der Waals surface area contributed by atoms with E-state index in [1.165, 1.54) is 11.3 Å². The fourth-order valence-electron chi connectivity index (χ4n) is 3.31. The van der Waals surface area contributed by atoms with E-state index in [-0.39, 0.29) is 0 Å². The van der Waals surface area contributed by atoms with E-state index in [1.54, 1.807) is 24.3 Å². The quantitative estimate of drug-likeness (QED) is 0.311. The number of ether oxygens (including phenoxy) is 1. The van der Waals surface area contributed by atoms with Gasteiger partial charge in [-0.1, -0.05) is 17.7 Å². The number of thiophene rings is 2. The molecule has 0 bridgehead atoms. The first-order valence-electron chi connectivity index (χ1n) is 9.13. The fraction of sp³-hybridized carbons (Fsp3) is 0.143. The van der Waals surface area contributed by atoms with Crippen LogP contribution in [-0.2, 0) is 0 Å². The van der Waals surface area contributed by atoms with E-state index in [1.807, 2.05) is 36.6 Å². The van der Waals surface area contributed by atoms with Crippen LogP contribution in [0.3, 0.4) is 0 Å². The molecule has 0 aliphatic carbocycles. The van der Waals surface area contributed by atoms with Gasteiger partial charge in [0.2, 0.25) is 5.88 Å². The lowest BCUT2D eigenvalue weighted by molar-refractivity contribution is 0.327. The van der Waals surface area contributed by atoms with Crippen molar-refractivity contribution < 1.29 is 9.15 Å². The Morgan fingerprint density at radius 1 is 1.20 bits per heavy atom. The Morgan fingerprint density at radius 3 is 2.83 bits per heavy atom. The fourth-order valence-corrected chi connectivity index (χ4v) is 5.27. The summed E-state index contributed by atoms with van der Waals surface area (Å²) >= 11 is 9.11. The lowest BCUT2D eigenvalue weighted by Gasteiger charge is -2.09. The molecule has 0 aliphatic rings. The largest absolute Gasteiger partial charge is 0.478 e. The van der Waals surface area contributed by atoms with Crippen LogP contribution in [0.25, 0.3) is 42.1 Å². The Hall–Kier alpha value is -2.81. The van der Waals surface area contributed by atoms with Crippen molar-refractivity contribution in [3.63, 3.8) is 0 Å². The summed E-state index contributed by atoms with van der Waals surface area (Å²) in [6, 6.07) is 9.58. The lowest BCUT2D eigenvalue weighted by atomic mass is 10.1. The molecular formula is C21H14ClN3O3S2. The molecule has 5 rings (SSSR count). The lowest BCUT2D eigenvalue weighted by Crippen LogP contribution is -2.00. The highest BCUT2D eigenvalue weighted by molar-refractivity contribution is 7.25. The van der Waals surface area contributed by atoms with Crippen LogP contribution < -0.4 is 10.4 Å². The molecule has 5 heterocycles. The van der Waals surface area contributed by atoms with Crippen molar-refractivity contribution in [2.24, 2.45) is 0 Å². The first-order valence-corrected chi connectivity index (χ1v) is 11.2. The van der Waals surface area contributed by atoms with Crippen molar-refractivity contribution in [3.05, 3.63) is 57.2 Å². The van der Waals surface area contributed by atoms with E-state index in [2.05, 4.69) is 9.97 Å². The third-order valence-corrected chi connectivity index (χ3v) is 6.63. The Labute approximate surface area is 183 Å². The first kappa shape index (κ1) is 19.2. The smallest absolute Gasteiger partial charge is 0.357 e. The van der Waals surface area contributed by atoms with Crippen LogP contribution >= 0.6 is 34.3 Å². The molecule has 5 aromatic heterocycles. The van der Waals surface area contributed by atoms with E-state index < -0.39 is 5.63 Å². The van der Waals surface area contributed by atoms with E-state index in [4.69, 9.17) is 25.7 Å². The van der Waals surface area contributed by atoms with Gasteiger partial charge >= 0.3 is 5.63 Å².